The van der Waals surface area contributed by atoms with Crippen molar-refractivity contribution in [3.8, 4) is 0 Å². The van der Waals surface area contributed by atoms with Gasteiger partial charge >= 0.3 is 6.18 Å². The van der Waals surface area contributed by atoms with E-state index < -0.39 is 11.7 Å². The Morgan fingerprint density at radius 1 is 1.31 bits per heavy atom. The van der Waals surface area contributed by atoms with Crippen molar-refractivity contribution in [1.82, 2.24) is 4.98 Å². The van der Waals surface area contributed by atoms with E-state index in [9.17, 15) is 13.2 Å². The molecule has 5 heteroatoms. The minimum atomic E-state index is -4.32. The summed E-state index contributed by atoms with van der Waals surface area (Å²) < 4.78 is 37.6. The van der Waals surface area contributed by atoms with Crippen molar-refractivity contribution in [1.29, 1.82) is 0 Å². The molecule has 0 bridgehead atoms. The normalized spacial score (nSPS) is 11.8. The maximum atomic E-state index is 12.4. The fourth-order valence-corrected chi connectivity index (χ4v) is 1.82. The number of hydrogen-bond acceptors (Lipinski definition) is 1. The third kappa shape index (κ3) is 2.21. The highest BCUT2D eigenvalue weighted by molar-refractivity contribution is 9.10. The Hall–Kier alpha value is -0.580. The number of aryl methyl sites for hydroxylation is 2. The Labute approximate surface area is 82.1 Å². The minimum absolute atomic E-state index is 0.000579. The first-order valence-electron chi connectivity index (χ1n) is 3.53. The van der Waals surface area contributed by atoms with Crippen molar-refractivity contribution in [2.45, 2.75) is 20.0 Å². The van der Waals surface area contributed by atoms with Crippen LogP contribution in [0.15, 0.2) is 10.7 Å². The smallest absolute Gasteiger partial charge is 0.246 e. The van der Waals surface area contributed by atoms with Crippen LogP contribution in [0.1, 0.15) is 16.8 Å². The number of halogens is 4. The molecule has 13 heavy (non-hydrogen) atoms. The summed E-state index contributed by atoms with van der Waals surface area (Å²) in [6, 6.07) is 1.36. The van der Waals surface area contributed by atoms with Crippen LogP contribution in [-0.4, -0.2) is 4.98 Å². The molecule has 0 radical (unpaired) electrons. The molecule has 1 aromatic rings. The average Bonchev–Trinajstić information content (AvgIpc) is 1.78. The van der Waals surface area contributed by atoms with Crippen molar-refractivity contribution in [2.75, 3.05) is 0 Å². The summed E-state index contributed by atoms with van der Waals surface area (Å²) >= 11 is 3.04. The molecule has 0 fully saturated rings. The standard InChI is InChI=1S/C8H7BrF3N/c1-4-3-6(9)13-5(2)7(4)8(10,11)12/h3H,1-2H3. The first-order chi connectivity index (χ1) is 5.82. The molecule has 0 aliphatic rings. The molecule has 1 rings (SSSR count). The van der Waals surface area contributed by atoms with Crippen molar-refractivity contribution in [3.63, 3.8) is 0 Å². The van der Waals surface area contributed by atoms with E-state index in [0.29, 0.717) is 4.60 Å². The predicted molar refractivity (Wildman–Crippen MR) is 46.4 cm³/mol. The van der Waals surface area contributed by atoms with Gasteiger partial charge in [-0.15, -0.1) is 0 Å². The summed E-state index contributed by atoms with van der Waals surface area (Å²) in [5, 5.41) is 0. The van der Waals surface area contributed by atoms with E-state index in [2.05, 4.69) is 20.9 Å². The van der Waals surface area contributed by atoms with Gasteiger partial charge in [0.1, 0.15) is 4.60 Å². The van der Waals surface area contributed by atoms with Gasteiger partial charge in [0.05, 0.1) is 11.3 Å². The molecular formula is C8H7BrF3N. The predicted octanol–water partition coefficient (Wildman–Crippen LogP) is 3.48. The van der Waals surface area contributed by atoms with Crippen molar-refractivity contribution in [2.24, 2.45) is 0 Å². The lowest BCUT2D eigenvalue weighted by Crippen LogP contribution is -2.11. The second-order valence-corrected chi connectivity index (χ2v) is 3.53. The molecule has 0 N–H and O–H groups in total. The maximum Gasteiger partial charge on any atom is 0.418 e. The Balaban J connectivity index is 3.38. The van der Waals surface area contributed by atoms with Gasteiger partial charge in [-0.1, -0.05) is 0 Å². The largest absolute Gasteiger partial charge is 0.418 e. The average molecular weight is 254 g/mol. The van der Waals surface area contributed by atoms with Crippen LogP contribution < -0.4 is 0 Å². The van der Waals surface area contributed by atoms with Crippen LogP contribution in [0.25, 0.3) is 0 Å². The van der Waals surface area contributed by atoms with Crippen LogP contribution in [0, 0.1) is 13.8 Å². The van der Waals surface area contributed by atoms with Gasteiger partial charge in [0.2, 0.25) is 0 Å². The summed E-state index contributed by atoms with van der Waals surface area (Å²) in [6.45, 7) is 2.77. The fraction of sp³-hybridized carbons (Fsp3) is 0.375. The molecular weight excluding hydrogens is 247 g/mol. The van der Waals surface area contributed by atoms with E-state index in [1.807, 2.05) is 0 Å². The van der Waals surface area contributed by atoms with Gasteiger partial charge in [-0.3, -0.25) is 0 Å². The molecule has 1 aromatic heterocycles. The summed E-state index contributed by atoms with van der Waals surface area (Å²) in [5.41, 5.74) is -0.457. The molecule has 0 spiro atoms. The summed E-state index contributed by atoms with van der Waals surface area (Å²) in [7, 11) is 0. The van der Waals surface area contributed by atoms with Crippen LogP contribution in [0.2, 0.25) is 0 Å². The molecule has 0 amide bonds. The first kappa shape index (κ1) is 10.5. The summed E-state index contributed by atoms with van der Waals surface area (Å²) in [4.78, 5) is 3.70. The molecule has 0 saturated heterocycles. The highest BCUT2D eigenvalue weighted by Gasteiger charge is 2.34. The quantitative estimate of drug-likeness (QED) is 0.646. The van der Waals surface area contributed by atoms with Crippen LogP contribution in [0.3, 0.4) is 0 Å². The molecule has 0 aliphatic carbocycles. The second kappa shape index (κ2) is 3.29. The monoisotopic (exact) mass is 253 g/mol. The number of pyridine rings is 1. The fourth-order valence-electron chi connectivity index (χ4n) is 1.21. The van der Waals surface area contributed by atoms with Gasteiger partial charge in [0.25, 0.3) is 0 Å². The molecule has 1 heterocycles. The topological polar surface area (TPSA) is 12.9 Å². The number of nitrogens with zero attached hydrogens (tertiary/aromatic N) is 1. The van der Waals surface area contributed by atoms with Gasteiger partial charge in [-0.05, 0) is 41.4 Å². The van der Waals surface area contributed by atoms with Crippen LogP contribution in [0.5, 0.6) is 0 Å². The highest BCUT2D eigenvalue weighted by atomic mass is 79.9. The number of aromatic nitrogens is 1. The molecule has 0 aliphatic heterocycles. The highest BCUT2D eigenvalue weighted by Crippen LogP contribution is 2.34. The van der Waals surface area contributed by atoms with E-state index in [1.54, 1.807) is 0 Å². The molecule has 0 saturated carbocycles. The zero-order chi connectivity index (χ0) is 10.2. The summed E-state index contributed by atoms with van der Waals surface area (Å²) in [6.07, 6.45) is -4.32. The Bertz CT molecular complexity index is 310. The SMILES string of the molecule is Cc1cc(Br)nc(C)c1C(F)(F)F. The third-order valence-corrected chi connectivity index (χ3v) is 2.06. The zero-order valence-corrected chi connectivity index (χ0v) is 8.62. The van der Waals surface area contributed by atoms with Gasteiger partial charge in [-0.25, -0.2) is 4.98 Å². The van der Waals surface area contributed by atoms with Gasteiger partial charge in [0, 0.05) is 0 Å². The summed E-state index contributed by atoms with van der Waals surface area (Å²) in [5.74, 6) is 0. The lowest BCUT2D eigenvalue weighted by Gasteiger charge is -2.12. The molecule has 0 atom stereocenters. The molecule has 0 aromatic carbocycles. The van der Waals surface area contributed by atoms with Crippen LogP contribution in [-0.2, 0) is 6.18 Å². The van der Waals surface area contributed by atoms with Gasteiger partial charge in [-0.2, -0.15) is 13.2 Å². The van der Waals surface area contributed by atoms with Crippen molar-refractivity contribution >= 4 is 15.9 Å². The third-order valence-electron chi connectivity index (χ3n) is 1.65. The zero-order valence-electron chi connectivity index (χ0n) is 7.04. The number of hydrogen-bond donors (Lipinski definition) is 0. The number of alkyl halides is 3. The van der Waals surface area contributed by atoms with Crippen LogP contribution in [0.4, 0.5) is 13.2 Å². The Morgan fingerprint density at radius 3 is 2.23 bits per heavy atom. The Morgan fingerprint density at radius 2 is 1.85 bits per heavy atom. The van der Waals surface area contributed by atoms with E-state index in [0.717, 1.165) is 0 Å². The van der Waals surface area contributed by atoms with Gasteiger partial charge in [0.15, 0.2) is 0 Å². The van der Waals surface area contributed by atoms with E-state index >= 15 is 0 Å². The Kier molecular flexibility index (Phi) is 2.66. The maximum absolute atomic E-state index is 12.4. The lowest BCUT2D eigenvalue weighted by atomic mass is 10.1. The van der Waals surface area contributed by atoms with Crippen molar-refractivity contribution in [3.05, 3.63) is 27.5 Å². The lowest BCUT2D eigenvalue weighted by molar-refractivity contribution is -0.138. The van der Waals surface area contributed by atoms with E-state index in [1.165, 1.54) is 19.9 Å². The van der Waals surface area contributed by atoms with E-state index in [-0.39, 0.29) is 11.3 Å². The minimum Gasteiger partial charge on any atom is -0.246 e. The van der Waals surface area contributed by atoms with Gasteiger partial charge < -0.3 is 0 Å². The number of rotatable bonds is 0. The van der Waals surface area contributed by atoms with Crippen LogP contribution >= 0.6 is 15.9 Å². The van der Waals surface area contributed by atoms with Crippen molar-refractivity contribution < 1.29 is 13.2 Å². The molecule has 0 unspecified atom stereocenters. The molecule has 72 valence electrons. The first-order valence-corrected chi connectivity index (χ1v) is 4.32. The molecule has 1 nitrogen and oxygen atoms in total. The second-order valence-electron chi connectivity index (χ2n) is 2.72. The van der Waals surface area contributed by atoms with E-state index in [4.69, 9.17) is 0 Å².